The fraction of sp³-hybridized carbons (Fsp3) is 0.794. The van der Waals surface area contributed by atoms with Gasteiger partial charge in [0.15, 0.2) is 6.10 Å². The molecule has 3 atom stereocenters. The summed E-state index contributed by atoms with van der Waals surface area (Å²) in [6.45, 7) is 2.67. The summed E-state index contributed by atoms with van der Waals surface area (Å²) < 4.78 is 32.3. The third-order valence-electron chi connectivity index (χ3n) is 7.20. The fourth-order valence-electron chi connectivity index (χ4n) is 4.39. The van der Waals surface area contributed by atoms with E-state index in [9.17, 15) is 23.8 Å². The molecule has 0 saturated carbocycles. The average Bonchev–Trinajstić information content (AvgIpc) is 3.02. The minimum atomic E-state index is -4.70. The summed E-state index contributed by atoms with van der Waals surface area (Å²) in [6, 6.07) is -1.52. The number of carboxylic acids is 1. The highest BCUT2D eigenvalue weighted by atomic mass is 31.2. The summed E-state index contributed by atoms with van der Waals surface area (Å²) in [5, 5.41) is 8.82. The van der Waals surface area contributed by atoms with Gasteiger partial charge in [0.25, 0.3) is 0 Å². The third-order valence-corrected chi connectivity index (χ3v) is 8.15. The van der Waals surface area contributed by atoms with Gasteiger partial charge in [0.05, 0.1) is 13.2 Å². The molecule has 0 bridgehead atoms. The van der Waals surface area contributed by atoms with Crippen LogP contribution in [0, 0.1) is 0 Å². The number of carboxylic acid groups (broad SMARTS) is 1. The molecule has 0 aliphatic carbocycles. The number of rotatable bonds is 32. The van der Waals surface area contributed by atoms with Crippen LogP contribution in [0.15, 0.2) is 24.3 Å². The number of phosphoric ester groups is 1. The van der Waals surface area contributed by atoms with Crippen molar-refractivity contribution in [2.75, 3.05) is 19.8 Å². The average molecular weight is 676 g/mol. The first-order chi connectivity index (χ1) is 22.1. The number of carbonyl (C=O) groups is 3. The number of nitrogens with two attached hydrogens (primary N) is 1. The Morgan fingerprint density at radius 1 is 0.674 bits per heavy atom. The second kappa shape index (κ2) is 30.3. The van der Waals surface area contributed by atoms with Gasteiger partial charge in [0.2, 0.25) is 0 Å². The van der Waals surface area contributed by atoms with E-state index in [1.807, 2.05) is 0 Å². The Bertz CT molecular complexity index is 895. The van der Waals surface area contributed by atoms with E-state index >= 15 is 0 Å². The summed E-state index contributed by atoms with van der Waals surface area (Å²) in [5.41, 5.74) is 5.29. The molecule has 0 aliphatic heterocycles. The van der Waals surface area contributed by atoms with Gasteiger partial charge in [-0.3, -0.25) is 23.4 Å². The number of hydrogen-bond donors (Lipinski definition) is 3. The van der Waals surface area contributed by atoms with E-state index < -0.39 is 51.1 Å². The molecule has 0 rings (SSSR count). The lowest BCUT2D eigenvalue weighted by atomic mass is 10.1. The quantitative estimate of drug-likeness (QED) is 0.0273. The van der Waals surface area contributed by atoms with E-state index in [4.69, 9.17) is 24.8 Å². The number of esters is 2. The minimum Gasteiger partial charge on any atom is -0.480 e. The minimum absolute atomic E-state index is 0.158. The van der Waals surface area contributed by atoms with E-state index in [0.29, 0.717) is 12.8 Å². The third kappa shape index (κ3) is 29.4. The van der Waals surface area contributed by atoms with E-state index in [2.05, 4.69) is 42.7 Å². The Balaban J connectivity index is 4.43. The molecule has 12 heteroatoms. The molecule has 0 saturated heterocycles. The Morgan fingerprint density at radius 2 is 1.15 bits per heavy atom. The zero-order valence-corrected chi connectivity index (χ0v) is 29.3. The van der Waals surface area contributed by atoms with E-state index in [1.54, 1.807) is 0 Å². The zero-order chi connectivity index (χ0) is 34.3. The molecule has 0 aliphatic rings. The summed E-state index contributed by atoms with van der Waals surface area (Å²) in [5.74, 6) is -2.41. The molecule has 268 valence electrons. The SMILES string of the molecule is CCCCC/C=C/C/C=C/CCCCCCCC(=O)OC[C@@H](COP(=O)(O)OC[C@@H](N)C(=O)O)OC(=O)CCCCCCCCC. The van der Waals surface area contributed by atoms with Gasteiger partial charge >= 0.3 is 25.7 Å². The molecule has 0 amide bonds. The molecular formula is C34H62NO10P. The lowest BCUT2D eigenvalue weighted by Gasteiger charge is -2.20. The molecule has 0 heterocycles. The maximum absolute atomic E-state index is 12.4. The largest absolute Gasteiger partial charge is 0.480 e. The van der Waals surface area contributed by atoms with Crippen molar-refractivity contribution >= 4 is 25.7 Å². The van der Waals surface area contributed by atoms with E-state index in [1.165, 1.54) is 32.1 Å². The fourth-order valence-corrected chi connectivity index (χ4v) is 5.16. The smallest absolute Gasteiger partial charge is 0.472 e. The molecule has 0 aromatic carbocycles. The molecule has 46 heavy (non-hydrogen) atoms. The normalized spacial score (nSPS) is 14.3. The van der Waals surface area contributed by atoms with Crippen molar-refractivity contribution in [2.24, 2.45) is 5.73 Å². The molecule has 0 aromatic rings. The second-order valence-corrected chi connectivity index (χ2v) is 13.1. The van der Waals surface area contributed by atoms with Gasteiger partial charge in [-0.15, -0.1) is 0 Å². The standard InChI is InChI=1S/C34H62NO10P/c1-3-5-7-9-11-12-13-14-15-16-17-18-20-21-23-25-32(36)42-27-30(28-43-46(40,41)44-29-31(35)34(38)39)45-33(37)26-24-22-19-10-8-6-4-2/h11-12,14-15,30-31H,3-10,13,16-29,35H2,1-2H3,(H,38,39)(H,40,41)/b12-11+,15-14+/t30-,31+/m0/s1. The lowest BCUT2D eigenvalue weighted by molar-refractivity contribution is -0.161. The maximum Gasteiger partial charge on any atom is 0.472 e. The molecule has 11 nitrogen and oxygen atoms in total. The Morgan fingerprint density at radius 3 is 1.74 bits per heavy atom. The number of unbranched alkanes of at least 4 members (excludes halogenated alkanes) is 14. The monoisotopic (exact) mass is 675 g/mol. The predicted molar refractivity (Wildman–Crippen MR) is 180 cm³/mol. The van der Waals surface area contributed by atoms with Crippen molar-refractivity contribution in [3.8, 4) is 0 Å². The van der Waals surface area contributed by atoms with Crippen LogP contribution in [0.2, 0.25) is 0 Å². The van der Waals surface area contributed by atoms with Crippen LogP contribution < -0.4 is 5.73 Å². The Labute approximate surface area is 277 Å². The van der Waals surface area contributed by atoms with Crippen molar-refractivity contribution in [3.05, 3.63) is 24.3 Å². The maximum atomic E-state index is 12.4. The van der Waals surface area contributed by atoms with Crippen molar-refractivity contribution in [1.82, 2.24) is 0 Å². The van der Waals surface area contributed by atoms with Gasteiger partial charge in [0.1, 0.15) is 12.6 Å². The second-order valence-electron chi connectivity index (χ2n) is 11.7. The van der Waals surface area contributed by atoms with Crippen LogP contribution in [0.3, 0.4) is 0 Å². The molecule has 4 N–H and O–H groups in total. The summed E-state index contributed by atoms with van der Waals surface area (Å²) in [6.07, 6.45) is 27.1. The van der Waals surface area contributed by atoms with Gasteiger partial charge in [-0.2, -0.15) is 0 Å². The number of ether oxygens (including phenoxy) is 2. The number of aliphatic carboxylic acids is 1. The number of hydrogen-bond acceptors (Lipinski definition) is 9. The molecule has 0 radical (unpaired) electrons. The predicted octanol–water partition coefficient (Wildman–Crippen LogP) is 7.94. The molecule has 0 spiro atoms. The van der Waals surface area contributed by atoms with Crippen LogP contribution >= 0.6 is 7.82 Å². The zero-order valence-electron chi connectivity index (χ0n) is 28.4. The number of phosphoric acid groups is 1. The number of carbonyl (C=O) groups excluding carboxylic acids is 2. The van der Waals surface area contributed by atoms with Gasteiger partial charge in [0, 0.05) is 12.8 Å². The van der Waals surface area contributed by atoms with E-state index in [-0.39, 0.29) is 19.4 Å². The highest BCUT2D eigenvalue weighted by molar-refractivity contribution is 7.47. The molecular weight excluding hydrogens is 613 g/mol. The molecule has 0 aromatic heterocycles. The summed E-state index contributed by atoms with van der Waals surface area (Å²) >= 11 is 0. The number of allylic oxidation sites excluding steroid dienone is 4. The van der Waals surface area contributed by atoms with Crippen LogP contribution in [-0.4, -0.2) is 59.9 Å². The Hall–Kier alpha value is -2.04. The first-order valence-electron chi connectivity index (χ1n) is 17.4. The summed E-state index contributed by atoms with van der Waals surface area (Å²) in [4.78, 5) is 45.4. The van der Waals surface area contributed by atoms with Gasteiger partial charge in [-0.25, -0.2) is 4.57 Å². The van der Waals surface area contributed by atoms with Crippen molar-refractivity contribution in [1.29, 1.82) is 0 Å². The topological polar surface area (TPSA) is 172 Å². The van der Waals surface area contributed by atoms with Crippen molar-refractivity contribution < 1.29 is 47.5 Å². The lowest BCUT2D eigenvalue weighted by Crippen LogP contribution is -2.34. The van der Waals surface area contributed by atoms with Crippen LogP contribution in [0.4, 0.5) is 0 Å². The van der Waals surface area contributed by atoms with Gasteiger partial charge < -0.3 is 25.2 Å². The van der Waals surface area contributed by atoms with Gasteiger partial charge in [-0.05, 0) is 44.9 Å². The van der Waals surface area contributed by atoms with Crippen molar-refractivity contribution in [2.45, 2.75) is 154 Å². The highest BCUT2D eigenvalue weighted by Crippen LogP contribution is 2.43. The first kappa shape index (κ1) is 44.0. The summed E-state index contributed by atoms with van der Waals surface area (Å²) in [7, 11) is -4.70. The van der Waals surface area contributed by atoms with Crippen LogP contribution in [-0.2, 0) is 37.5 Å². The van der Waals surface area contributed by atoms with E-state index in [0.717, 1.165) is 70.6 Å². The highest BCUT2D eigenvalue weighted by Gasteiger charge is 2.28. The van der Waals surface area contributed by atoms with Gasteiger partial charge in [-0.1, -0.05) is 109 Å². The van der Waals surface area contributed by atoms with Crippen LogP contribution in [0.25, 0.3) is 0 Å². The van der Waals surface area contributed by atoms with Crippen LogP contribution in [0.5, 0.6) is 0 Å². The van der Waals surface area contributed by atoms with Crippen LogP contribution in [0.1, 0.15) is 142 Å². The molecule has 0 fully saturated rings. The first-order valence-corrected chi connectivity index (χ1v) is 18.9. The van der Waals surface area contributed by atoms with Crippen molar-refractivity contribution in [3.63, 3.8) is 0 Å². The Kier molecular flexibility index (Phi) is 29.0. The molecule has 1 unspecified atom stereocenters.